The summed E-state index contributed by atoms with van der Waals surface area (Å²) in [5.41, 5.74) is 0.348. The van der Waals surface area contributed by atoms with Crippen LogP contribution in [-0.2, 0) is 4.79 Å². The molecular weight excluding hydrogens is 340 g/mol. The van der Waals surface area contributed by atoms with E-state index >= 15 is 0 Å². The van der Waals surface area contributed by atoms with Crippen LogP contribution in [0, 0.1) is 11.3 Å². The molecule has 1 aromatic heterocycles. The van der Waals surface area contributed by atoms with Crippen molar-refractivity contribution in [3.8, 4) is 0 Å². The Kier molecular flexibility index (Phi) is 5.08. The summed E-state index contributed by atoms with van der Waals surface area (Å²) < 4.78 is 0.807. The molecule has 20 heavy (non-hydrogen) atoms. The van der Waals surface area contributed by atoms with Crippen LogP contribution < -0.4 is 5.32 Å². The highest BCUT2D eigenvalue weighted by Crippen LogP contribution is 2.44. The predicted octanol–water partition coefficient (Wildman–Crippen LogP) is 5.04. The van der Waals surface area contributed by atoms with Gasteiger partial charge in [-0.2, -0.15) is 0 Å². The number of hydrogen-bond donors (Lipinski definition) is 1. The molecule has 0 saturated heterocycles. The van der Waals surface area contributed by atoms with Crippen LogP contribution in [0.25, 0.3) is 0 Å². The van der Waals surface area contributed by atoms with E-state index in [1.165, 1.54) is 0 Å². The number of rotatable bonds is 4. The van der Waals surface area contributed by atoms with Crippen molar-refractivity contribution >= 4 is 39.1 Å². The second-order valence-corrected chi connectivity index (χ2v) is 7.31. The first-order valence-electron chi connectivity index (χ1n) is 7.05. The Morgan fingerprint density at radius 3 is 2.75 bits per heavy atom. The van der Waals surface area contributed by atoms with Crippen molar-refractivity contribution in [2.45, 2.75) is 46.0 Å². The van der Waals surface area contributed by atoms with E-state index in [0.29, 0.717) is 16.8 Å². The second-order valence-electron chi connectivity index (χ2n) is 6.03. The summed E-state index contributed by atoms with van der Waals surface area (Å²) in [6.45, 7) is 4.34. The van der Waals surface area contributed by atoms with E-state index in [1.54, 1.807) is 12.3 Å². The van der Waals surface area contributed by atoms with E-state index in [-0.39, 0.29) is 11.3 Å². The fourth-order valence-corrected chi connectivity index (χ4v) is 3.60. The highest BCUT2D eigenvalue weighted by atomic mass is 79.9. The monoisotopic (exact) mass is 358 g/mol. The molecule has 0 spiro atoms. The van der Waals surface area contributed by atoms with Gasteiger partial charge in [0.1, 0.15) is 0 Å². The summed E-state index contributed by atoms with van der Waals surface area (Å²) in [6, 6.07) is 1.80. The maximum absolute atomic E-state index is 12.7. The Morgan fingerprint density at radius 2 is 2.15 bits per heavy atom. The van der Waals surface area contributed by atoms with Crippen molar-refractivity contribution in [3.63, 3.8) is 0 Å². The zero-order valence-electron chi connectivity index (χ0n) is 11.9. The lowest BCUT2D eigenvalue weighted by atomic mass is 9.77. The fraction of sp³-hybridized carbons (Fsp3) is 0.600. The second kappa shape index (κ2) is 6.44. The Balaban J connectivity index is 2.18. The summed E-state index contributed by atoms with van der Waals surface area (Å²) in [5.74, 6) is 0.598. The van der Waals surface area contributed by atoms with Gasteiger partial charge in [-0.3, -0.25) is 4.79 Å². The van der Waals surface area contributed by atoms with Crippen molar-refractivity contribution < 1.29 is 4.79 Å². The first-order chi connectivity index (χ1) is 9.43. The number of carbonyl (C=O) groups excluding carboxylic acids is 1. The number of nitrogens with one attached hydrogen (secondary N) is 1. The zero-order valence-corrected chi connectivity index (χ0v) is 14.2. The highest BCUT2D eigenvalue weighted by Gasteiger charge is 2.41. The molecule has 1 aromatic rings. The Labute approximate surface area is 133 Å². The standard InChI is InChI=1S/C15H20BrClN2O/c1-10(2)8-15(5-3-4-6-15)14(20)19-12-7-11(16)9-18-13(12)17/h7,9-10H,3-6,8H2,1-2H3,(H,19,20). The number of hydrogen-bond acceptors (Lipinski definition) is 2. The van der Waals surface area contributed by atoms with Gasteiger partial charge >= 0.3 is 0 Å². The zero-order chi connectivity index (χ0) is 14.8. The third-order valence-electron chi connectivity index (χ3n) is 3.90. The van der Waals surface area contributed by atoms with Crippen LogP contribution in [0.15, 0.2) is 16.7 Å². The minimum atomic E-state index is -0.236. The molecule has 1 aliphatic carbocycles. The van der Waals surface area contributed by atoms with Gasteiger partial charge in [-0.1, -0.05) is 38.3 Å². The molecule has 110 valence electrons. The summed E-state index contributed by atoms with van der Waals surface area (Å²) >= 11 is 9.40. The molecule has 1 amide bonds. The van der Waals surface area contributed by atoms with Crippen molar-refractivity contribution in [1.82, 2.24) is 4.98 Å². The van der Waals surface area contributed by atoms with Crippen LogP contribution in [0.5, 0.6) is 0 Å². The molecule has 1 saturated carbocycles. The van der Waals surface area contributed by atoms with Gasteiger partial charge in [0, 0.05) is 16.1 Å². The smallest absolute Gasteiger partial charge is 0.230 e. The minimum absolute atomic E-state index is 0.0884. The van der Waals surface area contributed by atoms with E-state index < -0.39 is 0 Å². The topological polar surface area (TPSA) is 42.0 Å². The van der Waals surface area contributed by atoms with E-state index in [0.717, 1.165) is 36.6 Å². The average molecular weight is 360 g/mol. The first-order valence-corrected chi connectivity index (χ1v) is 8.22. The quantitative estimate of drug-likeness (QED) is 0.765. The molecule has 3 nitrogen and oxygen atoms in total. The van der Waals surface area contributed by atoms with Crippen molar-refractivity contribution in [1.29, 1.82) is 0 Å². The van der Waals surface area contributed by atoms with Crippen LogP contribution >= 0.6 is 27.5 Å². The van der Waals surface area contributed by atoms with E-state index in [9.17, 15) is 4.79 Å². The van der Waals surface area contributed by atoms with Gasteiger partial charge in [0.15, 0.2) is 5.15 Å². The molecule has 0 aliphatic heterocycles. The van der Waals surface area contributed by atoms with E-state index in [1.807, 2.05) is 0 Å². The largest absolute Gasteiger partial charge is 0.323 e. The highest BCUT2D eigenvalue weighted by molar-refractivity contribution is 9.10. The Hall–Kier alpha value is -0.610. The minimum Gasteiger partial charge on any atom is -0.323 e. The van der Waals surface area contributed by atoms with Gasteiger partial charge in [0.2, 0.25) is 5.91 Å². The molecule has 2 rings (SSSR count). The van der Waals surface area contributed by atoms with Gasteiger partial charge < -0.3 is 5.32 Å². The predicted molar refractivity (Wildman–Crippen MR) is 85.9 cm³/mol. The van der Waals surface area contributed by atoms with Gasteiger partial charge in [-0.05, 0) is 47.2 Å². The number of pyridine rings is 1. The molecule has 5 heteroatoms. The number of aromatic nitrogens is 1. The van der Waals surface area contributed by atoms with Crippen LogP contribution in [0.4, 0.5) is 5.69 Å². The third-order valence-corrected chi connectivity index (χ3v) is 4.63. The molecule has 0 bridgehead atoms. The lowest BCUT2D eigenvalue weighted by Gasteiger charge is -2.29. The lowest BCUT2D eigenvalue weighted by molar-refractivity contribution is -0.126. The van der Waals surface area contributed by atoms with Crippen LogP contribution in [-0.4, -0.2) is 10.9 Å². The Morgan fingerprint density at radius 1 is 1.50 bits per heavy atom. The van der Waals surface area contributed by atoms with Crippen LogP contribution in [0.1, 0.15) is 46.0 Å². The molecular formula is C15H20BrClN2O. The Bertz CT molecular complexity index is 499. The SMILES string of the molecule is CC(C)CC1(C(=O)Nc2cc(Br)cnc2Cl)CCCC1. The van der Waals surface area contributed by atoms with Crippen molar-refractivity contribution in [2.24, 2.45) is 11.3 Å². The van der Waals surface area contributed by atoms with Gasteiger partial charge in [0.25, 0.3) is 0 Å². The summed E-state index contributed by atoms with van der Waals surface area (Å²) in [5, 5.41) is 3.31. The molecule has 1 N–H and O–H groups in total. The normalized spacial score (nSPS) is 17.4. The molecule has 0 atom stereocenters. The number of amides is 1. The third kappa shape index (κ3) is 3.53. The van der Waals surface area contributed by atoms with Crippen molar-refractivity contribution in [3.05, 3.63) is 21.9 Å². The van der Waals surface area contributed by atoms with Gasteiger partial charge in [0.05, 0.1) is 5.69 Å². The van der Waals surface area contributed by atoms with Crippen molar-refractivity contribution in [2.75, 3.05) is 5.32 Å². The van der Waals surface area contributed by atoms with Gasteiger partial charge in [-0.15, -0.1) is 0 Å². The number of nitrogens with zero attached hydrogens (tertiary/aromatic N) is 1. The number of carbonyl (C=O) groups is 1. The summed E-state index contributed by atoms with van der Waals surface area (Å²) in [6.07, 6.45) is 6.75. The molecule has 1 fully saturated rings. The number of halogens is 2. The number of anilines is 1. The maximum atomic E-state index is 12.7. The van der Waals surface area contributed by atoms with Crippen LogP contribution in [0.3, 0.4) is 0 Å². The molecule has 0 radical (unpaired) electrons. The molecule has 0 aromatic carbocycles. The lowest BCUT2D eigenvalue weighted by Crippen LogP contribution is -2.35. The maximum Gasteiger partial charge on any atom is 0.230 e. The summed E-state index contributed by atoms with van der Waals surface area (Å²) in [7, 11) is 0. The molecule has 0 unspecified atom stereocenters. The summed E-state index contributed by atoms with van der Waals surface area (Å²) in [4.78, 5) is 16.8. The van der Waals surface area contributed by atoms with Gasteiger partial charge in [-0.25, -0.2) is 4.98 Å². The first kappa shape index (κ1) is 15.8. The fourth-order valence-electron chi connectivity index (χ4n) is 3.12. The average Bonchev–Trinajstić information content (AvgIpc) is 2.82. The van der Waals surface area contributed by atoms with Crippen LogP contribution in [0.2, 0.25) is 5.15 Å². The molecule has 1 aliphatic rings. The van der Waals surface area contributed by atoms with E-state index in [4.69, 9.17) is 11.6 Å². The molecule has 1 heterocycles. The van der Waals surface area contributed by atoms with E-state index in [2.05, 4.69) is 40.1 Å².